The number of alkyl halides is 3. The molecule has 1 amide bonds. The quantitative estimate of drug-likeness (QED) is 0.512. The van der Waals surface area contributed by atoms with Crippen LogP contribution in [0.2, 0.25) is 5.02 Å². The van der Waals surface area contributed by atoms with Crippen molar-refractivity contribution in [3.63, 3.8) is 0 Å². The number of benzene rings is 3. The highest BCUT2D eigenvalue weighted by Crippen LogP contribution is 2.26. The molecular formula is C22H18ClF3N2O3S. The van der Waals surface area contributed by atoms with Gasteiger partial charge in [0.25, 0.3) is 5.91 Å². The number of sulfonamides is 1. The Morgan fingerprint density at radius 2 is 1.44 bits per heavy atom. The number of hydrogen-bond donors (Lipinski definition) is 2. The Morgan fingerprint density at radius 3 is 2.00 bits per heavy atom. The van der Waals surface area contributed by atoms with Crippen LogP contribution in [0.1, 0.15) is 27.5 Å². The Bertz CT molecular complexity index is 1170. The molecule has 0 radical (unpaired) electrons. The van der Waals surface area contributed by atoms with Gasteiger partial charge in [-0.2, -0.15) is 17.9 Å². The maximum Gasteiger partial charge on any atom is 0.405 e. The number of nitrogens with one attached hydrogen (secondary N) is 2. The third-order valence-electron chi connectivity index (χ3n) is 4.49. The molecule has 3 rings (SSSR count). The van der Waals surface area contributed by atoms with Gasteiger partial charge in [-0.3, -0.25) is 4.79 Å². The van der Waals surface area contributed by atoms with Crippen molar-refractivity contribution >= 4 is 27.5 Å². The summed E-state index contributed by atoms with van der Waals surface area (Å²) < 4.78 is 65.4. The molecule has 0 aliphatic heterocycles. The average molecular weight is 483 g/mol. The van der Waals surface area contributed by atoms with Crippen LogP contribution < -0.4 is 10.0 Å². The minimum Gasteiger partial charge on any atom is -0.343 e. The molecule has 0 fully saturated rings. The molecule has 0 aliphatic rings. The van der Waals surface area contributed by atoms with E-state index < -0.39 is 34.7 Å². The van der Waals surface area contributed by atoms with Crippen LogP contribution in [0.25, 0.3) is 0 Å². The number of amides is 1. The lowest BCUT2D eigenvalue weighted by atomic mass is 10.00. The van der Waals surface area contributed by atoms with E-state index in [-0.39, 0.29) is 10.5 Å². The van der Waals surface area contributed by atoms with Gasteiger partial charge in [0.2, 0.25) is 10.0 Å². The topological polar surface area (TPSA) is 75.3 Å². The standard InChI is InChI=1S/C22H18ClF3N2O3S/c23-18-10-6-16(7-11-18)20(15-4-2-1-3-5-15)28-32(30,31)19-12-8-17(9-13-19)21(29)27-14-22(24,25)26/h1-13,20,28H,14H2,(H,27,29). The SMILES string of the molecule is O=C(NCC(F)(F)F)c1ccc(S(=O)(=O)NC(c2ccccc2)c2ccc(Cl)cc2)cc1. The van der Waals surface area contributed by atoms with Crippen molar-refractivity contribution in [1.29, 1.82) is 0 Å². The van der Waals surface area contributed by atoms with E-state index in [9.17, 15) is 26.4 Å². The lowest BCUT2D eigenvalue weighted by Gasteiger charge is -2.20. The summed E-state index contributed by atoms with van der Waals surface area (Å²) in [5, 5.41) is 2.24. The molecule has 32 heavy (non-hydrogen) atoms. The predicted octanol–water partition coefficient (Wildman–Crippen LogP) is 4.70. The molecule has 5 nitrogen and oxygen atoms in total. The molecule has 10 heteroatoms. The summed E-state index contributed by atoms with van der Waals surface area (Å²) in [5.74, 6) is -0.956. The minimum atomic E-state index is -4.54. The highest BCUT2D eigenvalue weighted by Gasteiger charge is 2.28. The number of hydrogen-bond acceptors (Lipinski definition) is 3. The molecule has 0 saturated heterocycles. The number of carbonyl (C=O) groups is 1. The van der Waals surface area contributed by atoms with Crippen LogP contribution >= 0.6 is 11.6 Å². The third kappa shape index (κ3) is 6.32. The molecule has 168 valence electrons. The Balaban J connectivity index is 1.84. The summed E-state index contributed by atoms with van der Waals surface area (Å²) in [6.45, 7) is -1.48. The molecular weight excluding hydrogens is 465 g/mol. The molecule has 0 bridgehead atoms. The first-order valence-corrected chi connectivity index (χ1v) is 11.2. The maximum atomic E-state index is 13.0. The zero-order valence-electron chi connectivity index (χ0n) is 16.4. The van der Waals surface area contributed by atoms with Crippen molar-refractivity contribution in [3.8, 4) is 0 Å². The molecule has 3 aromatic carbocycles. The summed E-state index contributed by atoms with van der Waals surface area (Å²) in [5.41, 5.74) is 1.26. The number of rotatable bonds is 7. The van der Waals surface area contributed by atoms with Gasteiger partial charge in [-0.05, 0) is 47.5 Å². The summed E-state index contributed by atoms with van der Waals surface area (Å²) in [4.78, 5) is 11.7. The van der Waals surface area contributed by atoms with Crippen LogP contribution in [0.5, 0.6) is 0 Å². The number of halogens is 4. The van der Waals surface area contributed by atoms with E-state index in [1.165, 1.54) is 0 Å². The van der Waals surface area contributed by atoms with Gasteiger partial charge in [0, 0.05) is 10.6 Å². The van der Waals surface area contributed by atoms with E-state index in [0.29, 0.717) is 16.1 Å². The monoisotopic (exact) mass is 482 g/mol. The molecule has 0 aromatic heterocycles. The smallest absolute Gasteiger partial charge is 0.343 e. The van der Waals surface area contributed by atoms with Crippen molar-refractivity contribution in [2.24, 2.45) is 0 Å². The second kappa shape index (κ2) is 9.72. The van der Waals surface area contributed by atoms with Crippen LogP contribution in [0, 0.1) is 0 Å². The van der Waals surface area contributed by atoms with Crippen LogP contribution in [-0.4, -0.2) is 27.0 Å². The Labute approximate surface area is 188 Å². The zero-order chi connectivity index (χ0) is 23.4. The first kappa shape index (κ1) is 23.8. The van der Waals surface area contributed by atoms with Crippen molar-refractivity contribution in [3.05, 3.63) is 101 Å². The van der Waals surface area contributed by atoms with Crippen LogP contribution in [0.3, 0.4) is 0 Å². The molecule has 1 atom stereocenters. The van der Waals surface area contributed by atoms with Gasteiger partial charge in [-0.25, -0.2) is 8.42 Å². The predicted molar refractivity (Wildman–Crippen MR) is 115 cm³/mol. The normalized spacial score (nSPS) is 12.9. The number of carbonyl (C=O) groups excluding carboxylic acids is 1. The highest BCUT2D eigenvalue weighted by atomic mass is 35.5. The van der Waals surface area contributed by atoms with Crippen molar-refractivity contribution in [1.82, 2.24) is 10.0 Å². The van der Waals surface area contributed by atoms with E-state index in [1.807, 2.05) is 0 Å². The fourth-order valence-electron chi connectivity index (χ4n) is 2.92. The molecule has 2 N–H and O–H groups in total. The zero-order valence-corrected chi connectivity index (χ0v) is 18.0. The molecule has 0 heterocycles. The molecule has 1 unspecified atom stereocenters. The highest BCUT2D eigenvalue weighted by molar-refractivity contribution is 7.89. The van der Waals surface area contributed by atoms with E-state index in [4.69, 9.17) is 11.6 Å². The van der Waals surface area contributed by atoms with Crippen LogP contribution in [-0.2, 0) is 10.0 Å². The van der Waals surface area contributed by atoms with Gasteiger partial charge < -0.3 is 5.32 Å². The van der Waals surface area contributed by atoms with Gasteiger partial charge in [0.05, 0.1) is 10.9 Å². The summed E-state index contributed by atoms with van der Waals surface area (Å²) >= 11 is 5.95. The Kier molecular flexibility index (Phi) is 7.22. The Morgan fingerprint density at radius 1 is 0.875 bits per heavy atom. The molecule has 0 aliphatic carbocycles. The fourth-order valence-corrected chi connectivity index (χ4v) is 4.26. The van der Waals surface area contributed by atoms with E-state index in [0.717, 1.165) is 24.3 Å². The van der Waals surface area contributed by atoms with Crippen molar-refractivity contribution in [2.45, 2.75) is 17.1 Å². The van der Waals surface area contributed by atoms with Gasteiger partial charge in [0.1, 0.15) is 6.54 Å². The Hall–Kier alpha value is -2.88. The van der Waals surface area contributed by atoms with Crippen LogP contribution in [0.15, 0.2) is 83.8 Å². The fraction of sp³-hybridized carbons (Fsp3) is 0.136. The maximum absolute atomic E-state index is 13.0. The molecule has 0 saturated carbocycles. The van der Waals surface area contributed by atoms with Gasteiger partial charge >= 0.3 is 6.18 Å². The summed E-state index contributed by atoms with van der Waals surface area (Å²) in [6, 6.07) is 19.5. The van der Waals surface area contributed by atoms with Gasteiger partial charge in [0.15, 0.2) is 0 Å². The third-order valence-corrected chi connectivity index (χ3v) is 6.18. The molecule has 0 spiro atoms. The summed E-state index contributed by atoms with van der Waals surface area (Å²) in [6.07, 6.45) is -4.54. The minimum absolute atomic E-state index is 0.0921. The van der Waals surface area contributed by atoms with E-state index in [1.54, 1.807) is 59.9 Å². The lowest BCUT2D eigenvalue weighted by molar-refractivity contribution is -0.123. The van der Waals surface area contributed by atoms with Crippen molar-refractivity contribution in [2.75, 3.05) is 6.54 Å². The van der Waals surface area contributed by atoms with E-state index in [2.05, 4.69) is 4.72 Å². The van der Waals surface area contributed by atoms with E-state index >= 15 is 0 Å². The van der Waals surface area contributed by atoms with Gasteiger partial charge in [-0.15, -0.1) is 0 Å². The first-order chi connectivity index (χ1) is 15.0. The summed E-state index contributed by atoms with van der Waals surface area (Å²) in [7, 11) is -4.04. The average Bonchev–Trinajstić information content (AvgIpc) is 2.77. The largest absolute Gasteiger partial charge is 0.405 e. The second-order valence-electron chi connectivity index (χ2n) is 6.84. The molecule has 3 aromatic rings. The lowest BCUT2D eigenvalue weighted by Crippen LogP contribution is -2.33. The van der Waals surface area contributed by atoms with Gasteiger partial charge in [-0.1, -0.05) is 54.1 Å². The van der Waals surface area contributed by atoms with Crippen molar-refractivity contribution < 1.29 is 26.4 Å². The van der Waals surface area contributed by atoms with Crippen LogP contribution in [0.4, 0.5) is 13.2 Å². The second-order valence-corrected chi connectivity index (χ2v) is 8.99. The first-order valence-electron chi connectivity index (χ1n) is 9.33.